The first-order valence-corrected chi connectivity index (χ1v) is 5.57. The Morgan fingerprint density at radius 3 is 2.65 bits per heavy atom. The van der Waals surface area contributed by atoms with Crippen LogP contribution in [0.4, 0.5) is 5.69 Å². The molecule has 4 nitrogen and oxygen atoms in total. The van der Waals surface area contributed by atoms with E-state index in [-0.39, 0.29) is 5.91 Å². The van der Waals surface area contributed by atoms with Crippen molar-refractivity contribution in [3.8, 4) is 5.75 Å². The van der Waals surface area contributed by atoms with Gasteiger partial charge in [0.15, 0.2) is 0 Å². The number of carbonyl (C=O) groups excluding carboxylic acids is 1. The molecule has 0 aromatic heterocycles. The number of nitrogens with one attached hydrogen (secondary N) is 1. The van der Waals surface area contributed by atoms with Gasteiger partial charge in [-0.2, -0.15) is 0 Å². The number of rotatable bonds is 4. The van der Waals surface area contributed by atoms with Crippen LogP contribution in [0.1, 0.15) is 19.4 Å². The predicted molar refractivity (Wildman–Crippen MR) is 69.2 cm³/mol. The van der Waals surface area contributed by atoms with E-state index in [0.29, 0.717) is 18.0 Å². The quantitative estimate of drug-likeness (QED) is 0.839. The van der Waals surface area contributed by atoms with Crippen LogP contribution in [0.2, 0.25) is 0 Å². The summed E-state index contributed by atoms with van der Waals surface area (Å²) in [5.74, 6) is 0.542. The zero-order chi connectivity index (χ0) is 13.1. The highest BCUT2D eigenvalue weighted by molar-refractivity contribution is 5.96. The zero-order valence-electron chi connectivity index (χ0n) is 10.8. The van der Waals surface area contributed by atoms with Gasteiger partial charge >= 0.3 is 0 Å². The molecule has 0 spiro atoms. The third kappa shape index (κ3) is 3.20. The lowest BCUT2D eigenvalue weighted by Crippen LogP contribution is -2.37. The van der Waals surface area contributed by atoms with E-state index in [0.717, 1.165) is 5.56 Å². The minimum absolute atomic E-state index is 0.107. The lowest BCUT2D eigenvalue weighted by Gasteiger charge is -2.22. The molecule has 0 bridgehead atoms. The van der Waals surface area contributed by atoms with Crippen molar-refractivity contribution < 1.29 is 9.53 Å². The largest absolute Gasteiger partial charge is 0.495 e. The first-order valence-electron chi connectivity index (χ1n) is 5.57. The summed E-state index contributed by atoms with van der Waals surface area (Å²) in [4.78, 5) is 12.0. The Labute approximate surface area is 102 Å². The van der Waals surface area contributed by atoms with Crippen LogP contribution in [0.3, 0.4) is 0 Å². The molecular weight excluding hydrogens is 216 g/mol. The van der Waals surface area contributed by atoms with Crippen LogP contribution < -0.4 is 15.8 Å². The van der Waals surface area contributed by atoms with E-state index in [4.69, 9.17) is 10.5 Å². The van der Waals surface area contributed by atoms with Crippen molar-refractivity contribution in [1.29, 1.82) is 0 Å². The summed E-state index contributed by atoms with van der Waals surface area (Å²) < 4.78 is 5.20. The summed E-state index contributed by atoms with van der Waals surface area (Å²) in [6, 6.07) is 5.65. The molecule has 0 heterocycles. The van der Waals surface area contributed by atoms with Crippen molar-refractivity contribution in [1.82, 2.24) is 0 Å². The molecule has 1 aromatic carbocycles. The molecule has 94 valence electrons. The maximum absolute atomic E-state index is 12.0. The Morgan fingerprint density at radius 2 is 2.12 bits per heavy atom. The van der Waals surface area contributed by atoms with E-state index in [9.17, 15) is 4.79 Å². The molecule has 0 fully saturated rings. The number of benzene rings is 1. The molecule has 17 heavy (non-hydrogen) atoms. The molecule has 1 rings (SSSR count). The summed E-state index contributed by atoms with van der Waals surface area (Å²) in [5.41, 5.74) is 6.72. The topological polar surface area (TPSA) is 64.3 Å². The van der Waals surface area contributed by atoms with Crippen LogP contribution in [0.15, 0.2) is 18.2 Å². The number of hydrogen-bond acceptors (Lipinski definition) is 3. The van der Waals surface area contributed by atoms with Crippen molar-refractivity contribution in [3.63, 3.8) is 0 Å². The van der Waals surface area contributed by atoms with Gasteiger partial charge < -0.3 is 15.8 Å². The molecule has 0 unspecified atom stereocenters. The van der Waals surface area contributed by atoms with Crippen molar-refractivity contribution in [2.24, 2.45) is 11.1 Å². The number of aryl methyl sites for hydroxylation is 1. The summed E-state index contributed by atoms with van der Waals surface area (Å²) in [7, 11) is 1.58. The average Bonchev–Trinajstić information content (AvgIpc) is 2.29. The molecule has 0 aliphatic heterocycles. The highest BCUT2D eigenvalue weighted by Crippen LogP contribution is 2.27. The van der Waals surface area contributed by atoms with E-state index in [2.05, 4.69) is 5.32 Å². The fourth-order valence-corrected chi connectivity index (χ4v) is 1.30. The molecule has 4 heteroatoms. The number of nitrogens with two attached hydrogens (primary N) is 1. The Bertz CT molecular complexity index is 414. The van der Waals surface area contributed by atoms with Gasteiger partial charge in [0.25, 0.3) is 0 Å². The van der Waals surface area contributed by atoms with E-state index in [1.165, 1.54) is 0 Å². The normalized spacial score (nSPS) is 11.1. The Balaban J connectivity index is 2.95. The van der Waals surface area contributed by atoms with Gasteiger partial charge in [0.1, 0.15) is 5.75 Å². The van der Waals surface area contributed by atoms with E-state index < -0.39 is 5.41 Å². The van der Waals surface area contributed by atoms with Gasteiger partial charge in [0.2, 0.25) is 5.91 Å². The third-order valence-corrected chi connectivity index (χ3v) is 2.73. The minimum Gasteiger partial charge on any atom is -0.495 e. The van der Waals surface area contributed by atoms with Crippen molar-refractivity contribution in [2.75, 3.05) is 19.0 Å². The van der Waals surface area contributed by atoms with Gasteiger partial charge in [-0.05, 0) is 38.5 Å². The first-order chi connectivity index (χ1) is 7.90. The van der Waals surface area contributed by atoms with Gasteiger partial charge in [-0.3, -0.25) is 4.79 Å². The molecular formula is C13H20N2O2. The van der Waals surface area contributed by atoms with Crippen molar-refractivity contribution in [2.45, 2.75) is 20.8 Å². The van der Waals surface area contributed by atoms with Crippen LogP contribution in [0.25, 0.3) is 0 Å². The standard InChI is InChI=1S/C13H20N2O2/c1-9-5-6-11(17-4)10(7-9)15-12(16)13(2,3)8-14/h5-7H,8,14H2,1-4H3,(H,15,16). The van der Waals surface area contributed by atoms with Crippen molar-refractivity contribution in [3.05, 3.63) is 23.8 Å². The molecule has 0 aliphatic rings. The Morgan fingerprint density at radius 1 is 1.47 bits per heavy atom. The SMILES string of the molecule is COc1ccc(C)cc1NC(=O)C(C)(C)CN. The molecule has 0 atom stereocenters. The average molecular weight is 236 g/mol. The smallest absolute Gasteiger partial charge is 0.231 e. The Hall–Kier alpha value is -1.55. The van der Waals surface area contributed by atoms with E-state index in [1.807, 2.05) is 39.0 Å². The van der Waals surface area contributed by atoms with Crippen LogP contribution in [0.5, 0.6) is 5.75 Å². The number of anilines is 1. The van der Waals surface area contributed by atoms with Gasteiger partial charge in [-0.15, -0.1) is 0 Å². The molecule has 3 N–H and O–H groups in total. The van der Waals surface area contributed by atoms with Crippen LogP contribution in [-0.2, 0) is 4.79 Å². The Kier molecular flexibility index (Phi) is 4.12. The maximum atomic E-state index is 12.0. The molecule has 0 saturated carbocycles. The van der Waals surface area contributed by atoms with Crippen LogP contribution >= 0.6 is 0 Å². The van der Waals surface area contributed by atoms with E-state index >= 15 is 0 Å². The van der Waals surface area contributed by atoms with Crippen molar-refractivity contribution >= 4 is 11.6 Å². The van der Waals surface area contributed by atoms with Gasteiger partial charge in [0.05, 0.1) is 18.2 Å². The molecule has 1 amide bonds. The summed E-state index contributed by atoms with van der Waals surface area (Å²) >= 11 is 0. The zero-order valence-corrected chi connectivity index (χ0v) is 10.8. The fraction of sp³-hybridized carbons (Fsp3) is 0.462. The number of hydrogen-bond donors (Lipinski definition) is 2. The lowest BCUT2D eigenvalue weighted by atomic mass is 9.92. The molecule has 0 radical (unpaired) electrons. The minimum atomic E-state index is -0.589. The highest BCUT2D eigenvalue weighted by Gasteiger charge is 2.26. The first kappa shape index (κ1) is 13.5. The highest BCUT2D eigenvalue weighted by atomic mass is 16.5. The van der Waals surface area contributed by atoms with Gasteiger partial charge in [-0.1, -0.05) is 6.07 Å². The fourth-order valence-electron chi connectivity index (χ4n) is 1.30. The van der Waals surface area contributed by atoms with E-state index in [1.54, 1.807) is 7.11 Å². The van der Waals surface area contributed by atoms with Gasteiger partial charge in [0, 0.05) is 6.54 Å². The molecule has 1 aromatic rings. The monoisotopic (exact) mass is 236 g/mol. The number of carbonyl (C=O) groups is 1. The summed E-state index contributed by atoms with van der Waals surface area (Å²) in [6.45, 7) is 5.88. The number of amides is 1. The van der Waals surface area contributed by atoms with Crippen LogP contribution in [0, 0.1) is 12.3 Å². The van der Waals surface area contributed by atoms with Crippen LogP contribution in [-0.4, -0.2) is 19.6 Å². The molecule has 0 saturated heterocycles. The maximum Gasteiger partial charge on any atom is 0.231 e. The van der Waals surface area contributed by atoms with Gasteiger partial charge in [-0.25, -0.2) is 0 Å². The number of ether oxygens (including phenoxy) is 1. The second-order valence-corrected chi connectivity index (χ2v) is 4.75. The summed E-state index contributed by atoms with van der Waals surface area (Å²) in [5, 5.41) is 2.85. The lowest BCUT2D eigenvalue weighted by molar-refractivity contribution is -0.123. The predicted octanol–water partition coefficient (Wildman–Crippen LogP) is 1.93. The number of methoxy groups -OCH3 is 1. The molecule has 0 aliphatic carbocycles. The second-order valence-electron chi connectivity index (χ2n) is 4.75. The summed E-state index contributed by atoms with van der Waals surface area (Å²) in [6.07, 6.45) is 0. The second kappa shape index (κ2) is 5.19. The third-order valence-electron chi connectivity index (χ3n) is 2.73.